The number of hydrogen-bond donors (Lipinski definition) is 0. The van der Waals surface area contributed by atoms with Gasteiger partial charge in [0.15, 0.2) is 0 Å². The maximum absolute atomic E-state index is 12.4. The summed E-state index contributed by atoms with van der Waals surface area (Å²) in [6.45, 7) is 10.1. The summed E-state index contributed by atoms with van der Waals surface area (Å²) in [6.07, 6.45) is 3.02. The van der Waals surface area contributed by atoms with Crippen LogP contribution in [0, 0.1) is 25.2 Å². The molecule has 114 valence electrons. The van der Waals surface area contributed by atoms with Gasteiger partial charge in [0, 0.05) is 36.3 Å². The van der Waals surface area contributed by atoms with Crippen LogP contribution in [0.15, 0.2) is 6.07 Å². The monoisotopic (exact) mass is 287 g/mol. The molecule has 0 aromatic carbocycles. The van der Waals surface area contributed by atoms with E-state index >= 15 is 0 Å². The first-order chi connectivity index (χ1) is 9.87. The number of aryl methyl sites for hydroxylation is 2. The lowest BCUT2D eigenvalue weighted by Gasteiger charge is -2.32. The summed E-state index contributed by atoms with van der Waals surface area (Å²) in [5.41, 5.74) is 2.30. The van der Waals surface area contributed by atoms with E-state index in [-0.39, 0.29) is 11.3 Å². The predicted molar refractivity (Wildman–Crippen MR) is 81.9 cm³/mol. The molecule has 21 heavy (non-hydrogen) atoms. The minimum absolute atomic E-state index is 0.227. The van der Waals surface area contributed by atoms with Crippen LogP contribution in [0.25, 0.3) is 0 Å². The molecule has 1 aliphatic heterocycles. The van der Waals surface area contributed by atoms with Crippen LogP contribution in [-0.2, 0) is 4.79 Å². The molecule has 1 saturated heterocycles. The van der Waals surface area contributed by atoms with E-state index in [1.54, 1.807) is 0 Å². The summed E-state index contributed by atoms with van der Waals surface area (Å²) in [7, 11) is 0. The van der Waals surface area contributed by atoms with Crippen molar-refractivity contribution in [2.24, 2.45) is 11.3 Å². The van der Waals surface area contributed by atoms with Gasteiger partial charge < -0.3 is 4.90 Å². The van der Waals surface area contributed by atoms with Gasteiger partial charge in [-0.05, 0) is 44.6 Å². The maximum Gasteiger partial charge on any atom is 0.226 e. The maximum atomic E-state index is 12.4. The molecule has 0 radical (unpaired) electrons. The number of amides is 1. The zero-order chi connectivity index (χ0) is 15.2. The molecule has 1 aromatic heterocycles. The van der Waals surface area contributed by atoms with Gasteiger partial charge in [-0.1, -0.05) is 13.8 Å². The molecule has 3 rings (SSSR count). The van der Waals surface area contributed by atoms with E-state index in [1.807, 2.05) is 19.9 Å². The van der Waals surface area contributed by atoms with E-state index in [2.05, 4.69) is 28.7 Å². The zero-order valence-electron chi connectivity index (χ0n) is 13.5. The van der Waals surface area contributed by atoms with Crippen molar-refractivity contribution in [2.45, 2.75) is 52.9 Å². The molecule has 1 aliphatic carbocycles. The van der Waals surface area contributed by atoms with Gasteiger partial charge in [0.25, 0.3) is 0 Å². The van der Waals surface area contributed by atoms with Crippen molar-refractivity contribution in [1.29, 1.82) is 0 Å². The number of nitrogens with zero attached hydrogens (tertiary/aromatic N) is 3. The lowest BCUT2D eigenvalue weighted by molar-refractivity contribution is -0.134. The van der Waals surface area contributed by atoms with Crippen LogP contribution in [0.1, 0.15) is 56.2 Å². The van der Waals surface area contributed by atoms with E-state index in [0.29, 0.717) is 11.8 Å². The third kappa shape index (κ3) is 2.94. The fourth-order valence-electron chi connectivity index (χ4n) is 3.40. The zero-order valence-corrected chi connectivity index (χ0v) is 13.5. The summed E-state index contributed by atoms with van der Waals surface area (Å²) < 4.78 is 0. The molecule has 2 fully saturated rings. The molecule has 1 saturated carbocycles. The first-order valence-electron chi connectivity index (χ1n) is 7.98. The summed E-state index contributed by atoms with van der Waals surface area (Å²) >= 11 is 0. The second-order valence-corrected chi connectivity index (χ2v) is 7.35. The fraction of sp³-hybridized carbons (Fsp3) is 0.706. The van der Waals surface area contributed by atoms with Crippen LogP contribution in [-0.4, -0.2) is 33.9 Å². The first kappa shape index (κ1) is 14.5. The Kier molecular flexibility index (Phi) is 3.50. The van der Waals surface area contributed by atoms with E-state index in [0.717, 1.165) is 49.6 Å². The highest BCUT2D eigenvalue weighted by atomic mass is 16.2. The molecule has 4 nitrogen and oxygen atoms in total. The van der Waals surface area contributed by atoms with E-state index in [4.69, 9.17) is 0 Å². The Bertz CT molecular complexity index is 539. The Hall–Kier alpha value is -1.45. The molecule has 1 atom stereocenters. The van der Waals surface area contributed by atoms with Crippen molar-refractivity contribution in [3.63, 3.8) is 0 Å². The highest BCUT2D eigenvalue weighted by Gasteiger charge is 2.52. The molecule has 4 heteroatoms. The van der Waals surface area contributed by atoms with Gasteiger partial charge >= 0.3 is 0 Å². The van der Waals surface area contributed by atoms with Gasteiger partial charge in [-0.15, -0.1) is 0 Å². The van der Waals surface area contributed by atoms with Gasteiger partial charge in [-0.25, -0.2) is 9.97 Å². The lowest BCUT2D eigenvalue weighted by Crippen LogP contribution is -2.39. The Labute approximate surface area is 127 Å². The van der Waals surface area contributed by atoms with E-state index in [9.17, 15) is 4.79 Å². The number of piperidine rings is 1. The Balaban J connectivity index is 1.61. The minimum atomic E-state index is 0.227. The average molecular weight is 287 g/mol. The Morgan fingerprint density at radius 1 is 1.19 bits per heavy atom. The van der Waals surface area contributed by atoms with Crippen molar-refractivity contribution in [1.82, 2.24) is 14.9 Å². The molecule has 0 unspecified atom stereocenters. The van der Waals surface area contributed by atoms with Crippen molar-refractivity contribution >= 4 is 5.91 Å². The number of aromatic nitrogens is 2. The molecule has 0 spiro atoms. The van der Waals surface area contributed by atoms with Crippen LogP contribution in [0.5, 0.6) is 0 Å². The second kappa shape index (κ2) is 5.08. The molecule has 2 aliphatic rings. The molecular weight excluding hydrogens is 262 g/mol. The van der Waals surface area contributed by atoms with Gasteiger partial charge in [-0.3, -0.25) is 4.79 Å². The van der Waals surface area contributed by atoms with E-state index in [1.165, 1.54) is 0 Å². The summed E-state index contributed by atoms with van der Waals surface area (Å²) in [4.78, 5) is 23.6. The quantitative estimate of drug-likeness (QED) is 0.840. The number of hydrogen-bond acceptors (Lipinski definition) is 3. The Morgan fingerprint density at radius 3 is 2.19 bits per heavy atom. The number of rotatable bonds is 2. The molecule has 0 bridgehead atoms. The number of carbonyl (C=O) groups is 1. The molecule has 0 N–H and O–H groups in total. The normalized spacial score (nSPS) is 25.0. The van der Waals surface area contributed by atoms with E-state index < -0.39 is 0 Å². The second-order valence-electron chi connectivity index (χ2n) is 7.35. The van der Waals surface area contributed by atoms with Gasteiger partial charge in [0.1, 0.15) is 5.82 Å². The Morgan fingerprint density at radius 2 is 1.71 bits per heavy atom. The number of carbonyl (C=O) groups excluding carboxylic acids is 1. The SMILES string of the molecule is Cc1cc(C)nc(C2CCN(C(=O)[C@@H]3CC3(C)C)CC2)n1. The van der Waals surface area contributed by atoms with Gasteiger partial charge in [0.2, 0.25) is 5.91 Å². The largest absolute Gasteiger partial charge is 0.342 e. The average Bonchev–Trinajstić information content (AvgIpc) is 3.06. The van der Waals surface area contributed by atoms with Crippen molar-refractivity contribution in [3.8, 4) is 0 Å². The van der Waals surface area contributed by atoms with Crippen LogP contribution in [0.3, 0.4) is 0 Å². The van der Waals surface area contributed by atoms with Crippen molar-refractivity contribution in [2.75, 3.05) is 13.1 Å². The van der Waals surface area contributed by atoms with Crippen LogP contribution in [0.2, 0.25) is 0 Å². The highest BCUT2D eigenvalue weighted by molar-refractivity contribution is 5.82. The first-order valence-corrected chi connectivity index (χ1v) is 7.98. The summed E-state index contributed by atoms with van der Waals surface area (Å²) in [5, 5.41) is 0. The lowest BCUT2D eigenvalue weighted by atomic mass is 9.95. The standard InChI is InChI=1S/C17H25N3O/c1-11-9-12(2)19-15(18-11)13-5-7-20(8-6-13)16(21)14-10-17(14,3)4/h9,13-14H,5-8,10H2,1-4H3/t14-/m0/s1. The highest BCUT2D eigenvalue weighted by Crippen LogP contribution is 2.52. The third-order valence-electron chi connectivity index (χ3n) is 4.98. The minimum Gasteiger partial charge on any atom is -0.342 e. The topological polar surface area (TPSA) is 46.1 Å². The van der Waals surface area contributed by atoms with Gasteiger partial charge in [-0.2, -0.15) is 0 Å². The van der Waals surface area contributed by atoms with Crippen LogP contribution < -0.4 is 0 Å². The molecule has 1 aromatic rings. The predicted octanol–water partition coefficient (Wildman–Crippen LogP) is 2.85. The van der Waals surface area contributed by atoms with Crippen molar-refractivity contribution < 1.29 is 4.79 Å². The summed E-state index contributed by atoms with van der Waals surface area (Å²) in [5.74, 6) is 1.98. The number of likely N-dealkylation sites (tertiary alicyclic amines) is 1. The third-order valence-corrected chi connectivity index (χ3v) is 4.98. The van der Waals surface area contributed by atoms with Crippen LogP contribution in [0.4, 0.5) is 0 Å². The molecule has 1 amide bonds. The van der Waals surface area contributed by atoms with Gasteiger partial charge in [0.05, 0.1) is 0 Å². The fourth-order valence-corrected chi connectivity index (χ4v) is 3.40. The molecule has 2 heterocycles. The van der Waals surface area contributed by atoms with Crippen molar-refractivity contribution in [3.05, 3.63) is 23.3 Å². The molecular formula is C17H25N3O. The smallest absolute Gasteiger partial charge is 0.226 e. The van der Waals surface area contributed by atoms with Crippen LogP contribution >= 0.6 is 0 Å². The summed E-state index contributed by atoms with van der Waals surface area (Å²) in [6, 6.07) is 2.01.